The Hall–Kier alpha value is -2.48. The number of hydrogen-bond acceptors (Lipinski definition) is 5. The molecular weight excluding hydrogens is 367 g/mol. The average Bonchev–Trinajstić information content (AvgIpc) is 3.32. The van der Waals surface area contributed by atoms with E-state index in [1.807, 2.05) is 10.3 Å². The summed E-state index contributed by atoms with van der Waals surface area (Å²) in [7, 11) is 0. The molecule has 1 aliphatic rings. The number of hydrogen-bond donors (Lipinski definition) is 1. The first-order valence-corrected chi connectivity index (χ1v) is 10.0. The monoisotopic (exact) mass is 388 g/mol. The van der Waals surface area contributed by atoms with Crippen molar-refractivity contribution in [1.29, 1.82) is 0 Å². The van der Waals surface area contributed by atoms with Crippen molar-refractivity contribution in [3.63, 3.8) is 0 Å². The number of benzene rings is 1. The summed E-state index contributed by atoms with van der Waals surface area (Å²) in [6, 6.07) is 4.44. The molecule has 1 fully saturated rings. The summed E-state index contributed by atoms with van der Waals surface area (Å²) in [5.41, 5.74) is 2.24. The van der Waals surface area contributed by atoms with E-state index in [4.69, 9.17) is 4.52 Å². The van der Waals surface area contributed by atoms with Gasteiger partial charge in [-0.1, -0.05) is 12.1 Å². The standard InChI is InChI=1S/C19H21FN4O2S/c1-2-17-22-14(11-27-17)10-21-19(25)24-7-5-12(6-8-24)18-15-4-3-13(20)9-16(15)26-23-18/h3-4,9,11-12H,2,5-8,10H2,1H3,(H,21,25). The Morgan fingerprint density at radius 3 is 2.96 bits per heavy atom. The quantitative estimate of drug-likeness (QED) is 0.731. The van der Waals surface area contributed by atoms with Gasteiger partial charge in [-0.2, -0.15) is 0 Å². The number of piperidine rings is 1. The summed E-state index contributed by atoms with van der Waals surface area (Å²) in [4.78, 5) is 18.7. The van der Waals surface area contributed by atoms with Crippen LogP contribution in [0.5, 0.6) is 0 Å². The van der Waals surface area contributed by atoms with E-state index in [-0.39, 0.29) is 17.8 Å². The summed E-state index contributed by atoms with van der Waals surface area (Å²) in [5, 5.41) is 11.0. The number of nitrogens with zero attached hydrogens (tertiary/aromatic N) is 3. The van der Waals surface area contributed by atoms with E-state index in [9.17, 15) is 9.18 Å². The molecule has 4 rings (SSSR count). The second-order valence-corrected chi connectivity index (χ2v) is 7.66. The van der Waals surface area contributed by atoms with Crippen LogP contribution in [0.1, 0.15) is 42.1 Å². The van der Waals surface area contributed by atoms with Gasteiger partial charge in [0.2, 0.25) is 0 Å². The number of aryl methyl sites for hydroxylation is 1. The summed E-state index contributed by atoms with van der Waals surface area (Å²) in [6.45, 7) is 3.83. The van der Waals surface area contributed by atoms with E-state index in [1.54, 1.807) is 17.4 Å². The fourth-order valence-electron chi connectivity index (χ4n) is 3.45. The summed E-state index contributed by atoms with van der Waals surface area (Å²) < 4.78 is 18.6. The van der Waals surface area contributed by atoms with E-state index in [0.29, 0.717) is 25.2 Å². The van der Waals surface area contributed by atoms with Gasteiger partial charge in [0.1, 0.15) is 5.82 Å². The van der Waals surface area contributed by atoms with Crippen LogP contribution in [0.15, 0.2) is 28.1 Å². The molecule has 8 heteroatoms. The van der Waals surface area contributed by atoms with Crippen LogP contribution >= 0.6 is 11.3 Å². The molecule has 0 spiro atoms. The summed E-state index contributed by atoms with van der Waals surface area (Å²) >= 11 is 1.62. The fourth-order valence-corrected chi connectivity index (χ4v) is 4.20. The summed E-state index contributed by atoms with van der Waals surface area (Å²) in [6.07, 6.45) is 2.53. The SMILES string of the molecule is CCc1nc(CNC(=O)N2CCC(c3noc4cc(F)ccc34)CC2)cs1. The molecule has 1 N–H and O–H groups in total. The van der Waals surface area contributed by atoms with Crippen molar-refractivity contribution < 1.29 is 13.7 Å². The third-order valence-electron chi connectivity index (χ3n) is 4.95. The number of halogens is 1. The minimum atomic E-state index is -0.331. The highest BCUT2D eigenvalue weighted by Crippen LogP contribution is 2.32. The van der Waals surface area contributed by atoms with Crippen molar-refractivity contribution in [2.24, 2.45) is 0 Å². The number of carbonyl (C=O) groups is 1. The molecule has 0 aliphatic carbocycles. The number of carbonyl (C=O) groups excluding carboxylic acids is 1. The smallest absolute Gasteiger partial charge is 0.317 e. The van der Waals surface area contributed by atoms with Crippen LogP contribution in [0.2, 0.25) is 0 Å². The second-order valence-electron chi connectivity index (χ2n) is 6.71. The van der Waals surface area contributed by atoms with Crippen LogP contribution in [0.4, 0.5) is 9.18 Å². The van der Waals surface area contributed by atoms with Crippen LogP contribution in [-0.2, 0) is 13.0 Å². The maximum atomic E-state index is 13.3. The highest BCUT2D eigenvalue weighted by molar-refractivity contribution is 7.09. The van der Waals surface area contributed by atoms with E-state index in [0.717, 1.165) is 41.0 Å². The largest absolute Gasteiger partial charge is 0.356 e. The number of rotatable bonds is 4. The fraction of sp³-hybridized carbons (Fsp3) is 0.421. The second kappa shape index (κ2) is 7.64. The van der Waals surface area contributed by atoms with E-state index in [2.05, 4.69) is 22.4 Å². The van der Waals surface area contributed by atoms with Crippen molar-refractivity contribution in [3.8, 4) is 0 Å². The number of likely N-dealkylation sites (tertiary alicyclic amines) is 1. The normalized spacial score (nSPS) is 15.4. The van der Waals surface area contributed by atoms with Crippen LogP contribution in [-0.4, -0.2) is 34.2 Å². The molecule has 0 radical (unpaired) electrons. The van der Waals surface area contributed by atoms with Gasteiger partial charge in [-0.25, -0.2) is 14.2 Å². The predicted octanol–water partition coefficient (Wildman–Crippen LogP) is 4.08. The Bertz CT molecular complexity index is 946. The molecule has 1 aliphatic heterocycles. The van der Waals surface area contributed by atoms with Gasteiger partial charge in [-0.05, 0) is 31.4 Å². The number of urea groups is 1. The lowest BCUT2D eigenvalue weighted by atomic mass is 9.92. The first kappa shape index (κ1) is 17.9. The lowest BCUT2D eigenvalue weighted by Crippen LogP contribution is -2.43. The molecule has 0 saturated carbocycles. The Kier molecular flexibility index (Phi) is 5.07. The highest BCUT2D eigenvalue weighted by Gasteiger charge is 2.27. The van der Waals surface area contributed by atoms with Gasteiger partial charge < -0.3 is 14.7 Å². The molecule has 2 amide bonds. The van der Waals surface area contributed by atoms with Crippen LogP contribution in [0, 0.1) is 5.82 Å². The van der Waals surface area contributed by atoms with Crippen molar-refractivity contribution in [3.05, 3.63) is 45.8 Å². The zero-order valence-electron chi connectivity index (χ0n) is 15.1. The highest BCUT2D eigenvalue weighted by atomic mass is 32.1. The first-order valence-electron chi connectivity index (χ1n) is 9.15. The zero-order valence-corrected chi connectivity index (χ0v) is 15.9. The van der Waals surface area contributed by atoms with E-state index < -0.39 is 0 Å². The third kappa shape index (κ3) is 3.80. The molecule has 6 nitrogen and oxygen atoms in total. The number of thiazole rings is 1. The molecule has 3 heterocycles. The molecule has 0 unspecified atom stereocenters. The van der Waals surface area contributed by atoms with Crippen LogP contribution in [0.25, 0.3) is 11.0 Å². The molecule has 1 saturated heterocycles. The molecule has 142 valence electrons. The van der Waals surface area contributed by atoms with Gasteiger partial charge >= 0.3 is 6.03 Å². The van der Waals surface area contributed by atoms with Gasteiger partial charge in [0.15, 0.2) is 5.58 Å². The van der Waals surface area contributed by atoms with Crippen LogP contribution in [0.3, 0.4) is 0 Å². The Balaban J connectivity index is 1.33. The van der Waals surface area contributed by atoms with E-state index >= 15 is 0 Å². The number of aromatic nitrogens is 2. The van der Waals surface area contributed by atoms with Crippen molar-refractivity contribution >= 4 is 28.3 Å². The van der Waals surface area contributed by atoms with Crippen molar-refractivity contribution in [2.75, 3.05) is 13.1 Å². The zero-order chi connectivity index (χ0) is 18.8. The van der Waals surface area contributed by atoms with Crippen molar-refractivity contribution in [1.82, 2.24) is 20.4 Å². The lowest BCUT2D eigenvalue weighted by molar-refractivity contribution is 0.180. The predicted molar refractivity (Wildman–Crippen MR) is 101 cm³/mol. The van der Waals surface area contributed by atoms with Gasteiger partial charge in [-0.3, -0.25) is 0 Å². The molecule has 1 aromatic carbocycles. The van der Waals surface area contributed by atoms with Crippen LogP contribution < -0.4 is 5.32 Å². The molecule has 2 aromatic heterocycles. The van der Waals surface area contributed by atoms with E-state index in [1.165, 1.54) is 12.1 Å². The molecule has 27 heavy (non-hydrogen) atoms. The maximum Gasteiger partial charge on any atom is 0.317 e. The van der Waals surface area contributed by atoms with Gasteiger partial charge in [0.05, 0.1) is 22.9 Å². The minimum Gasteiger partial charge on any atom is -0.356 e. The molecule has 0 bridgehead atoms. The topological polar surface area (TPSA) is 71.3 Å². The number of nitrogens with one attached hydrogen (secondary N) is 1. The van der Waals surface area contributed by atoms with Gasteiger partial charge in [0.25, 0.3) is 0 Å². The molecular formula is C19H21FN4O2S. The minimum absolute atomic E-state index is 0.0634. The number of fused-ring (bicyclic) bond motifs is 1. The Morgan fingerprint density at radius 2 is 2.22 bits per heavy atom. The maximum absolute atomic E-state index is 13.3. The Labute approximate surface area is 160 Å². The average molecular weight is 388 g/mol. The Morgan fingerprint density at radius 1 is 1.41 bits per heavy atom. The lowest BCUT2D eigenvalue weighted by Gasteiger charge is -2.31. The van der Waals surface area contributed by atoms with Gasteiger partial charge in [0, 0.05) is 35.8 Å². The third-order valence-corrected chi connectivity index (χ3v) is 6.00. The molecule has 0 atom stereocenters. The molecule has 3 aromatic rings. The van der Waals surface area contributed by atoms with Gasteiger partial charge in [-0.15, -0.1) is 11.3 Å². The van der Waals surface area contributed by atoms with Crippen molar-refractivity contribution in [2.45, 2.75) is 38.6 Å². The first-order chi connectivity index (χ1) is 13.1. The summed E-state index contributed by atoms with van der Waals surface area (Å²) in [5.74, 6) is -0.116. The number of amides is 2.